The van der Waals surface area contributed by atoms with Crippen LogP contribution in [-0.2, 0) is 4.74 Å². The Morgan fingerprint density at radius 3 is 2.17 bits per heavy atom. The van der Waals surface area contributed by atoms with Crippen molar-refractivity contribution in [3.05, 3.63) is 54.2 Å². The topological polar surface area (TPSA) is 89.3 Å². The van der Waals surface area contributed by atoms with E-state index in [1.165, 1.54) is 33.6 Å². The second kappa shape index (κ2) is 9.68. The molecule has 2 aromatic carbocycles. The van der Waals surface area contributed by atoms with Gasteiger partial charge in [0.2, 0.25) is 5.75 Å². The lowest BCUT2D eigenvalue weighted by atomic mass is 10.0. The highest BCUT2D eigenvalue weighted by atomic mass is 19.4. The van der Waals surface area contributed by atoms with E-state index in [1.807, 2.05) is 0 Å². The molecule has 0 aliphatic rings. The van der Waals surface area contributed by atoms with E-state index in [0.717, 1.165) is 19.2 Å². The first-order valence-electron chi connectivity index (χ1n) is 10.4. The Bertz CT molecular complexity index is 1400. The van der Waals surface area contributed by atoms with Crippen LogP contribution in [0, 0.1) is 0 Å². The maximum Gasteiger partial charge on any atom is 0.573 e. The average molecular weight is 503 g/mol. The summed E-state index contributed by atoms with van der Waals surface area (Å²) >= 11 is 0. The van der Waals surface area contributed by atoms with Crippen molar-refractivity contribution in [1.29, 1.82) is 0 Å². The van der Waals surface area contributed by atoms with Gasteiger partial charge in [-0.2, -0.15) is 0 Å². The number of ether oxygens (including phenoxy) is 5. The van der Waals surface area contributed by atoms with Crippen LogP contribution >= 0.6 is 0 Å². The molecule has 0 spiro atoms. The number of hydrogen-bond donors (Lipinski definition) is 0. The van der Waals surface area contributed by atoms with Gasteiger partial charge >= 0.3 is 12.3 Å². The van der Waals surface area contributed by atoms with E-state index in [-0.39, 0.29) is 16.7 Å². The molecular weight excluding hydrogens is 483 g/mol. The molecule has 0 aliphatic carbocycles. The van der Waals surface area contributed by atoms with Gasteiger partial charge in [-0.15, -0.1) is 13.2 Å². The van der Waals surface area contributed by atoms with Gasteiger partial charge in [-0.1, -0.05) is 0 Å². The largest absolute Gasteiger partial charge is 0.573 e. The fraction of sp³-hybridized carbons (Fsp3) is 0.200. The number of alkyl halides is 3. The SMILES string of the molecule is COC(=O)c1cc(OC(F)(F)F)cc(-c2ccnc3cc(-c4cc(OC)c(OC)c(OC)c4)oc23)c1. The quantitative estimate of drug-likeness (QED) is 0.289. The van der Waals surface area contributed by atoms with Gasteiger partial charge in [0.1, 0.15) is 17.0 Å². The smallest absolute Gasteiger partial charge is 0.493 e. The summed E-state index contributed by atoms with van der Waals surface area (Å²) in [6.45, 7) is 0. The first-order chi connectivity index (χ1) is 17.2. The Hall–Kier alpha value is -4.41. The van der Waals surface area contributed by atoms with E-state index >= 15 is 0 Å². The zero-order valence-electron chi connectivity index (χ0n) is 19.6. The molecule has 0 atom stereocenters. The van der Waals surface area contributed by atoms with E-state index < -0.39 is 18.1 Å². The van der Waals surface area contributed by atoms with Gasteiger partial charge < -0.3 is 28.1 Å². The molecule has 2 heterocycles. The summed E-state index contributed by atoms with van der Waals surface area (Å²) in [5.74, 6) is 0.185. The molecule has 0 unspecified atom stereocenters. The molecule has 36 heavy (non-hydrogen) atoms. The molecule has 0 amide bonds. The minimum absolute atomic E-state index is 0.129. The Morgan fingerprint density at radius 1 is 0.889 bits per heavy atom. The minimum Gasteiger partial charge on any atom is -0.493 e. The van der Waals surface area contributed by atoms with Crippen molar-refractivity contribution in [2.24, 2.45) is 0 Å². The lowest BCUT2D eigenvalue weighted by Gasteiger charge is -2.13. The standard InChI is InChI=1S/C25H20F3NO7/c1-31-20-10-14(11-21(32-2)23(20)33-3)19-12-18-22(35-19)17(5-6-29-18)13-7-15(24(30)34-4)9-16(8-13)36-25(26,27)28/h5-12H,1-4H3. The molecule has 4 aromatic rings. The number of halogens is 3. The summed E-state index contributed by atoms with van der Waals surface area (Å²) in [5, 5.41) is 0. The number of aromatic nitrogens is 1. The number of hydrogen-bond acceptors (Lipinski definition) is 8. The van der Waals surface area contributed by atoms with Crippen LogP contribution in [-0.4, -0.2) is 45.8 Å². The van der Waals surface area contributed by atoms with Gasteiger partial charge in [0, 0.05) is 23.4 Å². The molecule has 0 fully saturated rings. The first-order valence-corrected chi connectivity index (χ1v) is 10.4. The highest BCUT2D eigenvalue weighted by Gasteiger charge is 2.32. The van der Waals surface area contributed by atoms with Crippen molar-refractivity contribution in [2.75, 3.05) is 28.4 Å². The van der Waals surface area contributed by atoms with Gasteiger partial charge in [-0.05, 0) is 42.0 Å². The van der Waals surface area contributed by atoms with Crippen LogP contribution < -0.4 is 18.9 Å². The van der Waals surface area contributed by atoms with Crippen molar-refractivity contribution in [2.45, 2.75) is 6.36 Å². The van der Waals surface area contributed by atoms with Crippen LogP contribution in [0.15, 0.2) is 53.1 Å². The Morgan fingerprint density at radius 2 is 1.58 bits per heavy atom. The van der Waals surface area contributed by atoms with Crippen molar-refractivity contribution < 1.29 is 46.1 Å². The van der Waals surface area contributed by atoms with Crippen LogP contribution in [0.25, 0.3) is 33.6 Å². The predicted octanol–water partition coefficient (Wildman–Crippen LogP) is 5.87. The molecular formula is C25H20F3NO7. The summed E-state index contributed by atoms with van der Waals surface area (Å²) in [6.07, 6.45) is -3.48. The minimum atomic E-state index is -4.95. The molecule has 8 nitrogen and oxygen atoms in total. The fourth-order valence-corrected chi connectivity index (χ4v) is 3.71. The number of benzene rings is 2. The van der Waals surface area contributed by atoms with Gasteiger partial charge in [0.25, 0.3) is 0 Å². The summed E-state index contributed by atoms with van der Waals surface area (Å²) in [5.41, 5.74) is 1.78. The third-order valence-corrected chi connectivity index (χ3v) is 5.23. The van der Waals surface area contributed by atoms with E-state index in [9.17, 15) is 18.0 Å². The molecule has 4 rings (SSSR count). The number of rotatable bonds is 7. The Balaban J connectivity index is 1.88. The molecule has 0 saturated carbocycles. The molecule has 0 N–H and O–H groups in total. The fourth-order valence-electron chi connectivity index (χ4n) is 3.71. The highest BCUT2D eigenvalue weighted by molar-refractivity contribution is 5.96. The second-order valence-electron chi connectivity index (χ2n) is 7.38. The molecule has 2 aromatic heterocycles. The van der Waals surface area contributed by atoms with Gasteiger partial charge in [0.15, 0.2) is 17.1 Å². The monoisotopic (exact) mass is 503 g/mol. The van der Waals surface area contributed by atoms with Crippen LogP contribution in [0.5, 0.6) is 23.0 Å². The first kappa shape index (κ1) is 24.7. The molecule has 11 heteroatoms. The van der Waals surface area contributed by atoms with Gasteiger partial charge in [-0.25, -0.2) is 4.79 Å². The van der Waals surface area contributed by atoms with Gasteiger partial charge in [0.05, 0.1) is 34.0 Å². The van der Waals surface area contributed by atoms with Crippen molar-refractivity contribution >= 4 is 17.1 Å². The Labute approximate surface area is 203 Å². The van der Waals surface area contributed by atoms with Crippen molar-refractivity contribution in [3.63, 3.8) is 0 Å². The van der Waals surface area contributed by atoms with Crippen LogP contribution in [0.1, 0.15) is 10.4 Å². The number of methoxy groups -OCH3 is 4. The maximum absolute atomic E-state index is 12.9. The average Bonchev–Trinajstić information content (AvgIpc) is 3.30. The van der Waals surface area contributed by atoms with Crippen LogP contribution in [0.3, 0.4) is 0 Å². The predicted molar refractivity (Wildman–Crippen MR) is 123 cm³/mol. The second-order valence-corrected chi connectivity index (χ2v) is 7.38. The number of fused-ring (bicyclic) bond motifs is 1. The van der Waals surface area contributed by atoms with Crippen molar-refractivity contribution in [3.8, 4) is 45.4 Å². The summed E-state index contributed by atoms with van der Waals surface area (Å²) in [6, 6.07) is 10.1. The normalized spacial score (nSPS) is 11.3. The third kappa shape index (κ3) is 4.85. The lowest BCUT2D eigenvalue weighted by Crippen LogP contribution is -2.17. The molecule has 0 aliphatic heterocycles. The van der Waals surface area contributed by atoms with E-state index in [0.29, 0.717) is 39.7 Å². The van der Waals surface area contributed by atoms with Crippen LogP contribution in [0.2, 0.25) is 0 Å². The summed E-state index contributed by atoms with van der Waals surface area (Å²) < 4.78 is 69.7. The number of furan rings is 1. The zero-order chi connectivity index (χ0) is 26.0. The van der Waals surface area contributed by atoms with Gasteiger partial charge in [-0.3, -0.25) is 4.98 Å². The number of carbonyl (C=O) groups is 1. The molecule has 0 saturated heterocycles. The molecule has 0 radical (unpaired) electrons. The van der Waals surface area contributed by atoms with E-state index in [2.05, 4.69) is 14.5 Å². The van der Waals surface area contributed by atoms with E-state index in [1.54, 1.807) is 24.3 Å². The zero-order valence-corrected chi connectivity index (χ0v) is 19.6. The maximum atomic E-state index is 12.9. The van der Waals surface area contributed by atoms with E-state index in [4.69, 9.17) is 18.6 Å². The number of esters is 1. The number of carbonyl (C=O) groups excluding carboxylic acids is 1. The molecule has 188 valence electrons. The number of pyridine rings is 1. The summed E-state index contributed by atoms with van der Waals surface area (Å²) in [4.78, 5) is 16.4. The number of nitrogens with zero attached hydrogens (tertiary/aromatic N) is 1. The third-order valence-electron chi connectivity index (χ3n) is 5.23. The lowest BCUT2D eigenvalue weighted by molar-refractivity contribution is -0.274. The molecule has 0 bridgehead atoms. The highest BCUT2D eigenvalue weighted by Crippen LogP contribution is 2.43. The Kier molecular flexibility index (Phi) is 6.65. The van der Waals surface area contributed by atoms with Crippen molar-refractivity contribution in [1.82, 2.24) is 4.98 Å². The summed E-state index contributed by atoms with van der Waals surface area (Å²) in [7, 11) is 5.57. The van der Waals surface area contributed by atoms with Crippen LogP contribution in [0.4, 0.5) is 13.2 Å².